The summed E-state index contributed by atoms with van der Waals surface area (Å²) >= 11 is 6.29. The standard InChI is InChI=1S/C18H21ClN4O/c1-13-5-6-14(10-20-13)11-21-17-16(19)9-15(12-22-17)18(24)23-7-3-2-4-8-23/h5-6,9-10,12H,2-4,7-8,11H2,1H3,(H,21,22). The summed E-state index contributed by atoms with van der Waals surface area (Å²) in [7, 11) is 0. The van der Waals surface area contributed by atoms with Gasteiger partial charge < -0.3 is 10.2 Å². The molecule has 3 heterocycles. The predicted molar refractivity (Wildman–Crippen MR) is 95.3 cm³/mol. The van der Waals surface area contributed by atoms with Gasteiger partial charge in [0.25, 0.3) is 5.91 Å². The highest BCUT2D eigenvalue weighted by Crippen LogP contribution is 2.22. The third-order valence-electron chi connectivity index (χ3n) is 4.16. The number of aromatic nitrogens is 2. The quantitative estimate of drug-likeness (QED) is 0.919. The van der Waals surface area contributed by atoms with E-state index < -0.39 is 0 Å². The Hall–Kier alpha value is -2.14. The van der Waals surface area contributed by atoms with E-state index in [1.165, 1.54) is 6.42 Å². The summed E-state index contributed by atoms with van der Waals surface area (Å²) in [4.78, 5) is 22.9. The minimum Gasteiger partial charge on any atom is -0.365 e. The zero-order valence-electron chi connectivity index (χ0n) is 13.8. The Bertz CT molecular complexity index is 711. The normalized spacial score (nSPS) is 14.5. The number of likely N-dealkylation sites (tertiary alicyclic amines) is 1. The molecule has 1 aliphatic heterocycles. The summed E-state index contributed by atoms with van der Waals surface area (Å²) in [6.07, 6.45) is 6.75. The van der Waals surface area contributed by atoms with Gasteiger partial charge in [0, 0.05) is 37.7 Å². The number of aryl methyl sites for hydroxylation is 1. The van der Waals surface area contributed by atoms with Gasteiger partial charge in [0.05, 0.1) is 10.6 Å². The van der Waals surface area contributed by atoms with Crippen molar-refractivity contribution in [3.63, 3.8) is 0 Å². The van der Waals surface area contributed by atoms with Crippen LogP contribution in [0.3, 0.4) is 0 Å². The Morgan fingerprint density at radius 1 is 1.21 bits per heavy atom. The maximum atomic E-state index is 12.5. The van der Waals surface area contributed by atoms with Crippen molar-refractivity contribution in [1.82, 2.24) is 14.9 Å². The van der Waals surface area contributed by atoms with E-state index in [1.807, 2.05) is 30.2 Å². The van der Waals surface area contributed by atoms with Gasteiger partial charge in [-0.3, -0.25) is 9.78 Å². The van der Waals surface area contributed by atoms with E-state index in [0.717, 1.165) is 37.2 Å². The van der Waals surface area contributed by atoms with Crippen LogP contribution in [0, 0.1) is 6.92 Å². The van der Waals surface area contributed by atoms with Crippen LogP contribution in [0.4, 0.5) is 5.82 Å². The first-order valence-corrected chi connectivity index (χ1v) is 8.61. The average Bonchev–Trinajstić information content (AvgIpc) is 2.62. The van der Waals surface area contributed by atoms with E-state index >= 15 is 0 Å². The number of anilines is 1. The van der Waals surface area contributed by atoms with Crippen molar-refractivity contribution in [3.05, 3.63) is 52.4 Å². The zero-order chi connectivity index (χ0) is 16.9. The number of hydrogen-bond donors (Lipinski definition) is 1. The number of piperidine rings is 1. The summed E-state index contributed by atoms with van der Waals surface area (Å²) < 4.78 is 0. The Balaban J connectivity index is 1.65. The molecular formula is C18H21ClN4O. The third-order valence-corrected chi connectivity index (χ3v) is 4.45. The lowest BCUT2D eigenvalue weighted by Gasteiger charge is -2.26. The molecule has 6 heteroatoms. The van der Waals surface area contributed by atoms with Crippen molar-refractivity contribution in [2.75, 3.05) is 18.4 Å². The predicted octanol–water partition coefficient (Wildman–Crippen LogP) is 3.68. The van der Waals surface area contributed by atoms with E-state index in [1.54, 1.807) is 12.3 Å². The fourth-order valence-electron chi connectivity index (χ4n) is 2.75. The van der Waals surface area contributed by atoms with Crippen LogP contribution < -0.4 is 5.32 Å². The highest BCUT2D eigenvalue weighted by Gasteiger charge is 2.19. The number of halogens is 1. The second-order valence-electron chi connectivity index (χ2n) is 6.07. The van der Waals surface area contributed by atoms with Gasteiger partial charge in [-0.15, -0.1) is 0 Å². The summed E-state index contributed by atoms with van der Waals surface area (Å²) in [6.45, 7) is 4.17. The molecule has 0 radical (unpaired) electrons. The lowest BCUT2D eigenvalue weighted by molar-refractivity contribution is 0.0724. The smallest absolute Gasteiger partial charge is 0.255 e. The van der Waals surface area contributed by atoms with Crippen LogP contribution in [0.5, 0.6) is 0 Å². The van der Waals surface area contributed by atoms with E-state index in [9.17, 15) is 4.79 Å². The molecule has 1 amide bonds. The van der Waals surface area contributed by atoms with Crippen molar-refractivity contribution in [2.24, 2.45) is 0 Å². The van der Waals surface area contributed by atoms with Crippen molar-refractivity contribution in [3.8, 4) is 0 Å². The average molecular weight is 345 g/mol. The molecule has 24 heavy (non-hydrogen) atoms. The number of hydrogen-bond acceptors (Lipinski definition) is 4. The molecule has 0 unspecified atom stereocenters. The van der Waals surface area contributed by atoms with Gasteiger partial charge in [0.15, 0.2) is 0 Å². The first-order valence-electron chi connectivity index (χ1n) is 8.24. The van der Waals surface area contributed by atoms with Crippen molar-refractivity contribution in [2.45, 2.75) is 32.7 Å². The molecule has 0 aromatic carbocycles. The second kappa shape index (κ2) is 7.62. The Morgan fingerprint density at radius 3 is 2.67 bits per heavy atom. The minimum absolute atomic E-state index is 0.0124. The van der Waals surface area contributed by atoms with Gasteiger partial charge in [-0.1, -0.05) is 17.7 Å². The molecule has 0 aliphatic carbocycles. The topological polar surface area (TPSA) is 58.1 Å². The zero-order valence-corrected chi connectivity index (χ0v) is 14.5. The Morgan fingerprint density at radius 2 is 2.00 bits per heavy atom. The molecule has 1 N–H and O–H groups in total. The van der Waals surface area contributed by atoms with Gasteiger partial charge >= 0.3 is 0 Å². The molecule has 1 saturated heterocycles. The van der Waals surface area contributed by atoms with Crippen LogP contribution >= 0.6 is 11.6 Å². The molecule has 5 nitrogen and oxygen atoms in total. The lowest BCUT2D eigenvalue weighted by Crippen LogP contribution is -2.35. The van der Waals surface area contributed by atoms with E-state index in [0.29, 0.717) is 22.9 Å². The van der Waals surface area contributed by atoms with Crippen molar-refractivity contribution in [1.29, 1.82) is 0 Å². The number of carbonyl (C=O) groups excluding carboxylic acids is 1. The molecule has 2 aromatic rings. The Labute approximate surface area is 147 Å². The van der Waals surface area contributed by atoms with E-state index in [-0.39, 0.29) is 5.91 Å². The Kier molecular flexibility index (Phi) is 5.30. The fourth-order valence-corrected chi connectivity index (χ4v) is 2.99. The number of carbonyl (C=O) groups is 1. The van der Waals surface area contributed by atoms with Crippen LogP contribution in [-0.2, 0) is 6.54 Å². The van der Waals surface area contributed by atoms with Crippen molar-refractivity contribution >= 4 is 23.3 Å². The summed E-state index contributed by atoms with van der Waals surface area (Å²) in [5.74, 6) is 0.589. The summed E-state index contributed by atoms with van der Waals surface area (Å²) in [5.41, 5.74) is 2.58. The van der Waals surface area contributed by atoms with Gasteiger partial charge in [-0.2, -0.15) is 0 Å². The number of nitrogens with one attached hydrogen (secondary N) is 1. The van der Waals surface area contributed by atoms with Crippen LogP contribution in [0.2, 0.25) is 5.02 Å². The molecule has 0 atom stereocenters. The first-order chi connectivity index (χ1) is 11.6. The third kappa shape index (κ3) is 4.03. The van der Waals surface area contributed by atoms with Gasteiger partial charge in [-0.25, -0.2) is 4.98 Å². The van der Waals surface area contributed by atoms with E-state index in [4.69, 9.17) is 11.6 Å². The molecule has 126 valence electrons. The molecule has 0 spiro atoms. The fraction of sp³-hybridized carbons (Fsp3) is 0.389. The molecular weight excluding hydrogens is 324 g/mol. The SMILES string of the molecule is Cc1ccc(CNc2ncc(C(=O)N3CCCCC3)cc2Cl)cn1. The van der Waals surface area contributed by atoms with Gasteiger partial charge in [-0.05, 0) is 43.9 Å². The molecule has 1 fully saturated rings. The number of pyridine rings is 2. The van der Waals surface area contributed by atoms with Crippen LogP contribution in [0.1, 0.15) is 40.9 Å². The molecule has 0 saturated carbocycles. The largest absolute Gasteiger partial charge is 0.365 e. The number of rotatable bonds is 4. The first kappa shape index (κ1) is 16.7. The van der Waals surface area contributed by atoms with E-state index in [2.05, 4.69) is 15.3 Å². The van der Waals surface area contributed by atoms with Crippen LogP contribution in [-0.4, -0.2) is 33.9 Å². The van der Waals surface area contributed by atoms with Crippen LogP contribution in [0.25, 0.3) is 0 Å². The molecule has 0 bridgehead atoms. The number of nitrogens with zero attached hydrogens (tertiary/aromatic N) is 3. The molecule has 3 rings (SSSR count). The maximum Gasteiger partial charge on any atom is 0.255 e. The summed E-state index contributed by atoms with van der Waals surface area (Å²) in [5, 5.41) is 3.64. The second-order valence-corrected chi connectivity index (χ2v) is 6.48. The van der Waals surface area contributed by atoms with Gasteiger partial charge in [0.2, 0.25) is 0 Å². The molecule has 1 aliphatic rings. The summed E-state index contributed by atoms with van der Waals surface area (Å²) in [6, 6.07) is 5.67. The minimum atomic E-state index is 0.0124. The van der Waals surface area contributed by atoms with Crippen LogP contribution in [0.15, 0.2) is 30.6 Å². The number of amides is 1. The highest BCUT2D eigenvalue weighted by atomic mass is 35.5. The van der Waals surface area contributed by atoms with Gasteiger partial charge in [0.1, 0.15) is 5.82 Å². The monoisotopic (exact) mass is 344 g/mol. The highest BCUT2D eigenvalue weighted by molar-refractivity contribution is 6.33. The lowest BCUT2D eigenvalue weighted by atomic mass is 10.1. The van der Waals surface area contributed by atoms with Crippen molar-refractivity contribution < 1.29 is 4.79 Å². The maximum absolute atomic E-state index is 12.5. The molecule has 2 aromatic heterocycles.